The zero-order chi connectivity index (χ0) is 15.9. The molecule has 0 saturated heterocycles. The number of hydrogen-bond donors (Lipinski definition) is 2. The average Bonchev–Trinajstić information content (AvgIpc) is 2.54. The van der Waals surface area contributed by atoms with E-state index in [1.807, 2.05) is 0 Å². The smallest absolute Gasteiger partial charge is 0.0431 e. The van der Waals surface area contributed by atoms with Gasteiger partial charge in [0.2, 0.25) is 0 Å². The first-order valence-corrected chi connectivity index (χ1v) is 9.16. The third-order valence-electron chi connectivity index (χ3n) is 4.24. The highest BCUT2D eigenvalue weighted by molar-refractivity contribution is 5.23. The standard InChI is InChI=1S/C20H34O2/c21-16-9-5-1-3-7-12-19-14-11-15-20(18-19)13-8-4-2-6-10-17-22/h11,14-15,18,21-22H,1-10,12-13,16-17H2. The normalized spacial score (nSPS) is 11.0. The average molecular weight is 306 g/mol. The number of benzene rings is 1. The van der Waals surface area contributed by atoms with Gasteiger partial charge in [-0.15, -0.1) is 0 Å². The third-order valence-corrected chi connectivity index (χ3v) is 4.24. The molecule has 0 radical (unpaired) electrons. The number of rotatable bonds is 14. The van der Waals surface area contributed by atoms with Crippen LogP contribution in [0.3, 0.4) is 0 Å². The van der Waals surface area contributed by atoms with Crippen molar-refractivity contribution in [3.05, 3.63) is 35.4 Å². The molecule has 1 aromatic rings. The van der Waals surface area contributed by atoms with Crippen LogP contribution in [0.1, 0.15) is 75.3 Å². The summed E-state index contributed by atoms with van der Waals surface area (Å²) in [6.45, 7) is 0.671. The molecular weight excluding hydrogens is 272 g/mol. The summed E-state index contributed by atoms with van der Waals surface area (Å²) in [5.74, 6) is 0. The maximum absolute atomic E-state index is 8.75. The Kier molecular flexibility index (Phi) is 12.0. The first-order valence-electron chi connectivity index (χ1n) is 9.16. The molecule has 0 unspecified atom stereocenters. The van der Waals surface area contributed by atoms with Crippen molar-refractivity contribution < 1.29 is 10.2 Å². The molecule has 0 aromatic heterocycles. The maximum atomic E-state index is 8.75. The van der Waals surface area contributed by atoms with Crippen LogP contribution in [0.5, 0.6) is 0 Å². The molecule has 0 spiro atoms. The lowest BCUT2D eigenvalue weighted by molar-refractivity contribution is 0.282. The summed E-state index contributed by atoms with van der Waals surface area (Å²) in [5, 5.41) is 17.5. The number of unbranched alkanes of at least 4 members (excludes halogenated alkanes) is 8. The van der Waals surface area contributed by atoms with Crippen molar-refractivity contribution in [3.8, 4) is 0 Å². The molecule has 0 aliphatic rings. The number of aliphatic hydroxyl groups excluding tert-OH is 2. The summed E-state index contributed by atoms with van der Waals surface area (Å²) in [7, 11) is 0. The van der Waals surface area contributed by atoms with Gasteiger partial charge in [-0.25, -0.2) is 0 Å². The molecule has 2 nitrogen and oxygen atoms in total. The summed E-state index contributed by atoms with van der Waals surface area (Å²) in [4.78, 5) is 0. The van der Waals surface area contributed by atoms with Gasteiger partial charge >= 0.3 is 0 Å². The van der Waals surface area contributed by atoms with Gasteiger partial charge in [0, 0.05) is 13.2 Å². The molecule has 0 aliphatic heterocycles. The van der Waals surface area contributed by atoms with E-state index in [-0.39, 0.29) is 0 Å². The molecule has 0 saturated carbocycles. The van der Waals surface area contributed by atoms with Crippen LogP contribution < -0.4 is 0 Å². The first kappa shape index (κ1) is 19.2. The molecule has 0 amide bonds. The quantitative estimate of drug-likeness (QED) is 0.491. The highest BCUT2D eigenvalue weighted by Crippen LogP contribution is 2.14. The second kappa shape index (κ2) is 13.8. The summed E-state index contributed by atoms with van der Waals surface area (Å²) < 4.78 is 0. The van der Waals surface area contributed by atoms with E-state index in [1.54, 1.807) is 0 Å². The lowest BCUT2D eigenvalue weighted by Gasteiger charge is -2.06. The van der Waals surface area contributed by atoms with Crippen LogP contribution in [0, 0.1) is 0 Å². The zero-order valence-corrected chi connectivity index (χ0v) is 14.1. The fraction of sp³-hybridized carbons (Fsp3) is 0.700. The molecule has 22 heavy (non-hydrogen) atoms. The summed E-state index contributed by atoms with van der Waals surface area (Å²) in [5.41, 5.74) is 2.94. The minimum absolute atomic E-state index is 0.335. The van der Waals surface area contributed by atoms with E-state index >= 15 is 0 Å². The van der Waals surface area contributed by atoms with Crippen LogP contribution >= 0.6 is 0 Å². The molecular formula is C20H34O2. The van der Waals surface area contributed by atoms with Crippen LogP contribution in [0.2, 0.25) is 0 Å². The van der Waals surface area contributed by atoms with Gasteiger partial charge in [-0.3, -0.25) is 0 Å². The van der Waals surface area contributed by atoms with Gasteiger partial charge < -0.3 is 10.2 Å². The minimum atomic E-state index is 0.335. The zero-order valence-electron chi connectivity index (χ0n) is 14.1. The molecule has 0 aliphatic carbocycles. The van der Waals surface area contributed by atoms with Crippen LogP contribution in [0.4, 0.5) is 0 Å². The fourth-order valence-corrected chi connectivity index (χ4v) is 2.88. The predicted octanol–water partition coefficient (Wildman–Crippen LogP) is 4.66. The van der Waals surface area contributed by atoms with Crippen LogP contribution in [0.15, 0.2) is 24.3 Å². The Hall–Kier alpha value is -0.860. The van der Waals surface area contributed by atoms with Crippen molar-refractivity contribution in [2.24, 2.45) is 0 Å². The number of aryl methyl sites for hydroxylation is 2. The van der Waals surface area contributed by atoms with E-state index in [1.165, 1.54) is 62.5 Å². The van der Waals surface area contributed by atoms with Gasteiger partial charge in [0.25, 0.3) is 0 Å². The predicted molar refractivity (Wildman–Crippen MR) is 94.2 cm³/mol. The van der Waals surface area contributed by atoms with Crippen molar-refractivity contribution in [2.75, 3.05) is 13.2 Å². The Morgan fingerprint density at radius 3 is 1.41 bits per heavy atom. The van der Waals surface area contributed by atoms with E-state index in [0.717, 1.165) is 25.7 Å². The SMILES string of the molecule is OCCCCCCCc1cccc(CCCCCCCO)c1. The lowest BCUT2D eigenvalue weighted by atomic mass is 10.0. The first-order chi connectivity index (χ1) is 10.9. The van der Waals surface area contributed by atoms with Gasteiger partial charge in [-0.05, 0) is 49.7 Å². The van der Waals surface area contributed by atoms with E-state index in [9.17, 15) is 0 Å². The molecule has 0 heterocycles. The Morgan fingerprint density at radius 1 is 0.545 bits per heavy atom. The van der Waals surface area contributed by atoms with Crippen molar-refractivity contribution >= 4 is 0 Å². The molecule has 1 rings (SSSR count). The van der Waals surface area contributed by atoms with Crippen molar-refractivity contribution in [2.45, 2.75) is 77.0 Å². The Morgan fingerprint density at radius 2 is 0.955 bits per heavy atom. The summed E-state index contributed by atoms with van der Waals surface area (Å²) in [6.07, 6.45) is 14.1. The molecule has 2 N–H and O–H groups in total. The Labute approximate surface area is 136 Å². The minimum Gasteiger partial charge on any atom is -0.396 e. The number of hydrogen-bond acceptors (Lipinski definition) is 2. The summed E-state index contributed by atoms with van der Waals surface area (Å²) in [6, 6.07) is 9.07. The maximum Gasteiger partial charge on any atom is 0.0431 e. The van der Waals surface area contributed by atoms with Crippen LogP contribution in [-0.2, 0) is 12.8 Å². The second-order valence-corrected chi connectivity index (χ2v) is 6.30. The number of aliphatic hydroxyl groups is 2. The highest BCUT2D eigenvalue weighted by Gasteiger charge is 1.98. The van der Waals surface area contributed by atoms with Crippen molar-refractivity contribution in [1.82, 2.24) is 0 Å². The fourth-order valence-electron chi connectivity index (χ4n) is 2.88. The molecule has 0 fully saturated rings. The summed E-state index contributed by atoms with van der Waals surface area (Å²) >= 11 is 0. The lowest BCUT2D eigenvalue weighted by Crippen LogP contribution is -1.91. The van der Waals surface area contributed by atoms with Gasteiger partial charge in [0.15, 0.2) is 0 Å². The molecule has 126 valence electrons. The van der Waals surface area contributed by atoms with Crippen LogP contribution in [0.25, 0.3) is 0 Å². The Bertz CT molecular complexity index is 331. The van der Waals surface area contributed by atoms with Crippen molar-refractivity contribution in [1.29, 1.82) is 0 Å². The molecule has 2 heteroatoms. The third kappa shape index (κ3) is 9.97. The molecule has 0 bridgehead atoms. The van der Waals surface area contributed by atoms with E-state index in [4.69, 9.17) is 10.2 Å². The van der Waals surface area contributed by atoms with Crippen LogP contribution in [-0.4, -0.2) is 23.4 Å². The second-order valence-electron chi connectivity index (χ2n) is 6.30. The van der Waals surface area contributed by atoms with Gasteiger partial charge in [-0.2, -0.15) is 0 Å². The van der Waals surface area contributed by atoms with Gasteiger partial charge in [0.1, 0.15) is 0 Å². The van der Waals surface area contributed by atoms with E-state index in [0.29, 0.717) is 13.2 Å². The molecule has 1 aromatic carbocycles. The monoisotopic (exact) mass is 306 g/mol. The van der Waals surface area contributed by atoms with Crippen molar-refractivity contribution in [3.63, 3.8) is 0 Å². The Balaban J connectivity index is 2.13. The highest BCUT2D eigenvalue weighted by atomic mass is 16.3. The van der Waals surface area contributed by atoms with E-state index in [2.05, 4.69) is 24.3 Å². The van der Waals surface area contributed by atoms with E-state index < -0.39 is 0 Å². The largest absolute Gasteiger partial charge is 0.396 e. The van der Waals surface area contributed by atoms with Gasteiger partial charge in [-0.1, -0.05) is 62.8 Å². The molecule has 0 atom stereocenters. The van der Waals surface area contributed by atoms with Gasteiger partial charge in [0.05, 0.1) is 0 Å². The topological polar surface area (TPSA) is 40.5 Å².